The highest BCUT2D eigenvalue weighted by molar-refractivity contribution is 5.72. The molecule has 0 aliphatic rings. The van der Waals surface area contributed by atoms with Gasteiger partial charge in [0.1, 0.15) is 5.75 Å². The number of methoxy groups -OCH3 is 1. The lowest BCUT2D eigenvalue weighted by Gasteiger charge is -2.14. The minimum absolute atomic E-state index is 0.918. The molecule has 0 aliphatic carbocycles. The van der Waals surface area contributed by atoms with Crippen molar-refractivity contribution in [3.63, 3.8) is 0 Å². The third-order valence-corrected chi connectivity index (χ3v) is 4.63. The van der Waals surface area contributed by atoms with Crippen LogP contribution in [0.2, 0.25) is 0 Å². The quantitative estimate of drug-likeness (QED) is 0.508. The number of benzene rings is 3. The topological polar surface area (TPSA) is 9.23 Å². The number of aryl methyl sites for hydroxylation is 2. The van der Waals surface area contributed by atoms with E-state index >= 15 is 0 Å². The molecule has 1 nitrogen and oxygen atoms in total. The average molecular weight is 329 g/mol. The molecule has 0 amide bonds. The molecular weight excluding hydrogens is 304 g/mol. The predicted octanol–water partition coefficient (Wildman–Crippen LogP) is 6.11. The molecule has 0 N–H and O–H groups in total. The van der Waals surface area contributed by atoms with Gasteiger partial charge in [-0.25, -0.2) is 0 Å². The van der Waals surface area contributed by atoms with Crippen molar-refractivity contribution in [3.05, 3.63) is 95.9 Å². The summed E-state index contributed by atoms with van der Waals surface area (Å²) in [4.78, 5) is 0. The number of ether oxygens (including phenoxy) is 1. The van der Waals surface area contributed by atoms with Gasteiger partial charge in [-0.1, -0.05) is 67.6 Å². The summed E-state index contributed by atoms with van der Waals surface area (Å²) in [5.74, 6) is 0.918. The van der Waals surface area contributed by atoms with Crippen LogP contribution >= 0.6 is 0 Å². The first-order valence-corrected chi connectivity index (χ1v) is 8.91. The van der Waals surface area contributed by atoms with Crippen molar-refractivity contribution in [3.8, 4) is 16.9 Å². The van der Waals surface area contributed by atoms with Crippen LogP contribution in [-0.4, -0.2) is 7.11 Å². The molecule has 0 aromatic heterocycles. The van der Waals surface area contributed by atoms with Crippen molar-refractivity contribution >= 4 is 0 Å². The summed E-state index contributed by atoms with van der Waals surface area (Å²) < 4.78 is 5.23. The molecular formula is C24H25O. The Kier molecular flexibility index (Phi) is 5.90. The Hall–Kier alpha value is -2.54. The molecule has 0 heterocycles. The maximum absolute atomic E-state index is 5.23. The molecule has 0 unspecified atom stereocenters. The molecule has 0 bridgehead atoms. The first-order valence-electron chi connectivity index (χ1n) is 8.91. The van der Waals surface area contributed by atoms with Crippen LogP contribution in [0.4, 0.5) is 0 Å². The van der Waals surface area contributed by atoms with Gasteiger partial charge in [-0.3, -0.25) is 0 Å². The fourth-order valence-corrected chi connectivity index (χ4v) is 3.30. The van der Waals surface area contributed by atoms with Crippen LogP contribution in [0.5, 0.6) is 5.75 Å². The number of hydrogen-bond donors (Lipinski definition) is 0. The van der Waals surface area contributed by atoms with E-state index in [0.717, 1.165) is 25.0 Å². The molecule has 0 atom stereocenters. The van der Waals surface area contributed by atoms with Crippen LogP contribution < -0.4 is 4.74 Å². The van der Waals surface area contributed by atoms with Crippen molar-refractivity contribution in [2.45, 2.75) is 26.2 Å². The smallest absolute Gasteiger partial charge is 0.118 e. The van der Waals surface area contributed by atoms with Crippen LogP contribution in [0, 0.1) is 6.42 Å². The summed E-state index contributed by atoms with van der Waals surface area (Å²) in [6.45, 7) is 2.11. The molecule has 3 rings (SSSR count). The van der Waals surface area contributed by atoms with Crippen molar-refractivity contribution in [2.75, 3.05) is 7.11 Å². The lowest BCUT2D eigenvalue weighted by Crippen LogP contribution is -1.97. The Balaban J connectivity index is 1.75. The normalized spacial score (nSPS) is 10.6. The van der Waals surface area contributed by atoms with Gasteiger partial charge < -0.3 is 4.74 Å². The molecule has 127 valence electrons. The Bertz CT molecular complexity index is 788. The van der Waals surface area contributed by atoms with Gasteiger partial charge >= 0.3 is 0 Å². The van der Waals surface area contributed by atoms with E-state index in [9.17, 15) is 0 Å². The van der Waals surface area contributed by atoms with E-state index in [1.54, 1.807) is 7.11 Å². The van der Waals surface area contributed by atoms with E-state index in [-0.39, 0.29) is 0 Å². The van der Waals surface area contributed by atoms with Crippen LogP contribution in [0.1, 0.15) is 30.0 Å². The second-order valence-corrected chi connectivity index (χ2v) is 6.24. The molecule has 0 saturated heterocycles. The number of hydrogen-bond acceptors (Lipinski definition) is 1. The summed E-state index contributed by atoms with van der Waals surface area (Å²) >= 11 is 0. The van der Waals surface area contributed by atoms with Crippen LogP contribution in [0.3, 0.4) is 0 Å². The predicted molar refractivity (Wildman–Crippen MR) is 106 cm³/mol. The molecule has 0 aliphatic heterocycles. The van der Waals surface area contributed by atoms with Gasteiger partial charge in [0.05, 0.1) is 7.11 Å². The highest BCUT2D eigenvalue weighted by atomic mass is 16.5. The molecule has 3 aromatic rings. The highest BCUT2D eigenvalue weighted by Gasteiger charge is 2.09. The molecule has 1 heteroatoms. The second kappa shape index (κ2) is 8.53. The Morgan fingerprint density at radius 1 is 0.800 bits per heavy atom. The Morgan fingerprint density at radius 2 is 1.56 bits per heavy atom. The summed E-state index contributed by atoms with van der Waals surface area (Å²) in [5.41, 5.74) is 6.78. The fraction of sp³-hybridized carbons (Fsp3) is 0.208. The molecule has 3 aromatic carbocycles. The molecule has 25 heavy (non-hydrogen) atoms. The van der Waals surface area contributed by atoms with Crippen molar-refractivity contribution in [1.82, 2.24) is 0 Å². The molecule has 0 fully saturated rings. The van der Waals surface area contributed by atoms with Gasteiger partial charge in [-0.05, 0) is 65.6 Å². The minimum atomic E-state index is 0.918. The minimum Gasteiger partial charge on any atom is -0.497 e. The van der Waals surface area contributed by atoms with Crippen molar-refractivity contribution in [2.24, 2.45) is 0 Å². The number of rotatable bonds is 7. The van der Waals surface area contributed by atoms with E-state index in [1.165, 1.54) is 27.8 Å². The maximum Gasteiger partial charge on any atom is 0.118 e. The Labute approximate surface area is 151 Å². The van der Waals surface area contributed by atoms with Crippen molar-refractivity contribution in [1.29, 1.82) is 0 Å². The lowest BCUT2D eigenvalue weighted by molar-refractivity contribution is 0.414. The zero-order chi connectivity index (χ0) is 17.5. The monoisotopic (exact) mass is 329 g/mol. The van der Waals surface area contributed by atoms with Gasteiger partial charge in [0, 0.05) is 0 Å². The van der Waals surface area contributed by atoms with Gasteiger partial charge in [0.25, 0.3) is 0 Å². The standard InChI is InChI=1S/C24H25O/c1-3-20-12-8-14-22(24(20)21-10-5-4-6-11-21)13-7-9-19-15-17-23(25-2)18-16-19/h3-6,8,10-12,14-18H,7,9,13H2,1-2H3. The third-order valence-electron chi connectivity index (χ3n) is 4.63. The first-order chi connectivity index (χ1) is 12.3. The summed E-state index contributed by atoms with van der Waals surface area (Å²) in [5, 5.41) is 0. The molecule has 0 spiro atoms. The van der Waals surface area contributed by atoms with Gasteiger partial charge in [-0.15, -0.1) is 0 Å². The molecule has 1 radical (unpaired) electrons. The molecule has 0 saturated carbocycles. The zero-order valence-electron chi connectivity index (χ0n) is 15.0. The van der Waals surface area contributed by atoms with Crippen LogP contribution in [0.15, 0.2) is 72.8 Å². The fourth-order valence-electron chi connectivity index (χ4n) is 3.30. The van der Waals surface area contributed by atoms with Crippen LogP contribution in [0.25, 0.3) is 11.1 Å². The Morgan fingerprint density at radius 3 is 2.24 bits per heavy atom. The van der Waals surface area contributed by atoms with E-state index in [1.807, 2.05) is 12.1 Å². The van der Waals surface area contributed by atoms with Crippen molar-refractivity contribution < 1.29 is 4.74 Å². The van der Waals surface area contributed by atoms with E-state index in [0.29, 0.717) is 0 Å². The maximum atomic E-state index is 5.23. The average Bonchev–Trinajstić information content (AvgIpc) is 2.69. The van der Waals surface area contributed by atoms with E-state index < -0.39 is 0 Å². The van der Waals surface area contributed by atoms with E-state index in [4.69, 9.17) is 4.74 Å². The summed E-state index contributed by atoms with van der Waals surface area (Å²) in [6.07, 6.45) is 5.50. The van der Waals surface area contributed by atoms with Gasteiger partial charge in [-0.2, -0.15) is 0 Å². The van der Waals surface area contributed by atoms with Gasteiger partial charge in [0.2, 0.25) is 0 Å². The van der Waals surface area contributed by atoms with Crippen LogP contribution in [-0.2, 0) is 12.8 Å². The van der Waals surface area contributed by atoms with Gasteiger partial charge in [0.15, 0.2) is 0 Å². The highest BCUT2D eigenvalue weighted by Crippen LogP contribution is 2.30. The first kappa shape index (κ1) is 17.3. The van der Waals surface area contributed by atoms with E-state index in [2.05, 4.69) is 74.0 Å². The third kappa shape index (κ3) is 4.30. The summed E-state index contributed by atoms with van der Waals surface area (Å²) in [6, 6.07) is 25.7. The second-order valence-electron chi connectivity index (χ2n) is 6.24. The summed E-state index contributed by atoms with van der Waals surface area (Å²) in [7, 11) is 1.71. The SMILES string of the molecule is C[CH]c1cccc(CCCc2ccc(OC)cc2)c1-c1ccccc1. The lowest BCUT2D eigenvalue weighted by atomic mass is 9.90. The zero-order valence-corrected chi connectivity index (χ0v) is 15.0. The largest absolute Gasteiger partial charge is 0.497 e.